The van der Waals surface area contributed by atoms with Crippen molar-refractivity contribution >= 4 is 13.5 Å². The van der Waals surface area contributed by atoms with Gasteiger partial charge in [-0.05, 0) is 35.2 Å². The Kier molecular flexibility index (Phi) is 7.23. The van der Waals surface area contributed by atoms with Crippen LogP contribution in [0.4, 0.5) is 5.69 Å². The molecule has 1 unspecified atom stereocenters. The van der Waals surface area contributed by atoms with E-state index in [0.717, 1.165) is 17.7 Å². The van der Waals surface area contributed by atoms with Crippen LogP contribution in [0.3, 0.4) is 0 Å². The van der Waals surface area contributed by atoms with Gasteiger partial charge in [-0.15, -0.1) is 0 Å². The van der Waals surface area contributed by atoms with E-state index >= 15 is 0 Å². The zero-order valence-corrected chi connectivity index (χ0v) is 17.4. The van der Waals surface area contributed by atoms with Gasteiger partial charge in [0, 0.05) is 12.1 Å². The number of hydrogen-bond donors (Lipinski definition) is 0. The fourth-order valence-electron chi connectivity index (χ4n) is 1.92. The minimum absolute atomic E-state index is 0. The van der Waals surface area contributed by atoms with Crippen LogP contribution in [0.5, 0.6) is 11.5 Å². The number of non-ortho nitro benzene ring substituents is 1. The average Bonchev–Trinajstić information content (AvgIpc) is 2.46. The van der Waals surface area contributed by atoms with Crippen LogP contribution in [0.15, 0.2) is 48.5 Å². The molecular formula is C16H17NNaO6P. The molecule has 2 aromatic rings. The first-order valence-electron chi connectivity index (χ1n) is 7.12. The molecule has 1 atom stereocenters. The summed E-state index contributed by atoms with van der Waals surface area (Å²) in [6.07, 6.45) is 0. The summed E-state index contributed by atoms with van der Waals surface area (Å²) in [5.41, 5.74) is 0.586. The zero-order chi connectivity index (χ0) is 18.0. The van der Waals surface area contributed by atoms with Gasteiger partial charge in [-0.1, -0.05) is 32.9 Å². The van der Waals surface area contributed by atoms with Crippen molar-refractivity contribution in [3.63, 3.8) is 0 Å². The van der Waals surface area contributed by atoms with Crippen LogP contribution in [-0.2, 0) is 9.98 Å². The van der Waals surface area contributed by atoms with Gasteiger partial charge >= 0.3 is 37.4 Å². The Morgan fingerprint density at radius 2 is 1.56 bits per heavy atom. The largest absolute Gasteiger partial charge is 1.00 e. The van der Waals surface area contributed by atoms with Gasteiger partial charge in [-0.3, -0.25) is 10.1 Å². The van der Waals surface area contributed by atoms with E-state index in [1.54, 1.807) is 12.1 Å². The predicted octanol–water partition coefficient (Wildman–Crippen LogP) is 0.822. The molecule has 128 valence electrons. The van der Waals surface area contributed by atoms with Crippen molar-refractivity contribution in [2.24, 2.45) is 0 Å². The first kappa shape index (κ1) is 21.7. The molecule has 0 radical (unpaired) electrons. The van der Waals surface area contributed by atoms with Crippen LogP contribution < -0.4 is 43.5 Å². The summed E-state index contributed by atoms with van der Waals surface area (Å²) in [6, 6.07) is 11.4. The number of phosphoric ester groups is 1. The molecule has 0 spiro atoms. The van der Waals surface area contributed by atoms with Crippen LogP contribution in [0.1, 0.15) is 26.3 Å². The number of nitro benzene ring substituents is 1. The van der Waals surface area contributed by atoms with E-state index in [9.17, 15) is 19.6 Å². The second-order valence-corrected chi connectivity index (χ2v) is 7.42. The number of hydrogen-bond acceptors (Lipinski definition) is 6. The van der Waals surface area contributed by atoms with Crippen LogP contribution in [0, 0.1) is 10.1 Å². The van der Waals surface area contributed by atoms with Crippen LogP contribution in [0.2, 0.25) is 0 Å². The number of nitro groups is 1. The third-order valence-electron chi connectivity index (χ3n) is 3.18. The molecule has 7 nitrogen and oxygen atoms in total. The third kappa shape index (κ3) is 6.45. The number of benzene rings is 2. The number of phosphoric acid groups is 1. The number of nitrogens with zero attached hydrogens (tertiary/aromatic N) is 1. The van der Waals surface area contributed by atoms with E-state index in [0.29, 0.717) is 0 Å². The molecule has 0 saturated heterocycles. The normalized spacial score (nSPS) is 13.3. The van der Waals surface area contributed by atoms with Gasteiger partial charge in [0.15, 0.2) is 0 Å². The quantitative estimate of drug-likeness (QED) is 0.333. The van der Waals surface area contributed by atoms with E-state index in [-0.39, 0.29) is 52.2 Å². The van der Waals surface area contributed by atoms with Crippen molar-refractivity contribution in [2.45, 2.75) is 26.2 Å². The van der Waals surface area contributed by atoms with Crippen LogP contribution in [-0.4, -0.2) is 4.92 Å². The standard InChI is InChI=1S/C16H18NO6P.Na/c1-16(2,3)12-5-4-6-15(11-12)23-24(20,21)22-14-9-7-13(8-10-14)17(18)19;/h4-11H,1-3H3,(H,20,21);/q;+1/p-1. The Morgan fingerprint density at radius 3 is 2.08 bits per heavy atom. The van der Waals surface area contributed by atoms with Crippen molar-refractivity contribution in [3.05, 3.63) is 64.2 Å². The Bertz CT molecular complexity index is 788. The van der Waals surface area contributed by atoms with Crippen molar-refractivity contribution in [3.8, 4) is 11.5 Å². The second-order valence-electron chi connectivity index (χ2n) is 6.16. The summed E-state index contributed by atoms with van der Waals surface area (Å²) in [4.78, 5) is 22.0. The van der Waals surface area contributed by atoms with E-state index in [1.807, 2.05) is 26.8 Å². The molecule has 0 amide bonds. The first-order valence-corrected chi connectivity index (χ1v) is 8.58. The summed E-state index contributed by atoms with van der Waals surface area (Å²) in [6.45, 7) is 5.99. The molecule has 0 aliphatic rings. The van der Waals surface area contributed by atoms with Crippen molar-refractivity contribution in [1.29, 1.82) is 0 Å². The van der Waals surface area contributed by atoms with Crippen molar-refractivity contribution in [1.82, 2.24) is 0 Å². The fourth-order valence-corrected chi connectivity index (χ4v) is 2.71. The van der Waals surface area contributed by atoms with E-state index in [2.05, 4.69) is 0 Å². The van der Waals surface area contributed by atoms with Gasteiger partial charge in [0.25, 0.3) is 5.69 Å². The van der Waals surface area contributed by atoms with Crippen molar-refractivity contribution < 1.29 is 53.0 Å². The van der Waals surface area contributed by atoms with Gasteiger partial charge in [0.05, 0.1) is 4.92 Å². The van der Waals surface area contributed by atoms with Gasteiger partial charge in [-0.2, -0.15) is 0 Å². The molecule has 0 bridgehead atoms. The SMILES string of the molecule is CC(C)(C)c1cccc(OP(=O)([O-])Oc2ccc([N+](=O)[O-])cc2)c1.[Na+]. The summed E-state index contributed by atoms with van der Waals surface area (Å²) in [5, 5.41) is 10.6. The van der Waals surface area contributed by atoms with Crippen LogP contribution in [0.25, 0.3) is 0 Å². The van der Waals surface area contributed by atoms with E-state index < -0.39 is 12.7 Å². The second kappa shape index (κ2) is 8.34. The Morgan fingerprint density at radius 1 is 1.00 bits per heavy atom. The number of rotatable bonds is 5. The molecular weight excluding hydrogens is 356 g/mol. The van der Waals surface area contributed by atoms with E-state index in [4.69, 9.17) is 9.05 Å². The van der Waals surface area contributed by atoms with Gasteiger partial charge < -0.3 is 13.9 Å². The smallest absolute Gasteiger partial charge is 0.736 e. The maximum Gasteiger partial charge on any atom is 1.00 e. The van der Waals surface area contributed by atoms with Crippen molar-refractivity contribution in [2.75, 3.05) is 0 Å². The molecule has 0 aliphatic heterocycles. The maximum absolute atomic E-state index is 12.0. The Hall–Kier alpha value is -1.37. The summed E-state index contributed by atoms with van der Waals surface area (Å²) >= 11 is 0. The molecule has 0 N–H and O–H groups in total. The molecule has 0 heterocycles. The molecule has 0 fully saturated rings. The molecule has 9 heteroatoms. The van der Waals surface area contributed by atoms with Gasteiger partial charge in [0.1, 0.15) is 11.5 Å². The molecule has 2 aromatic carbocycles. The monoisotopic (exact) mass is 373 g/mol. The maximum atomic E-state index is 12.0. The Labute approximate surface area is 168 Å². The topological polar surface area (TPSA) is 102 Å². The first-order chi connectivity index (χ1) is 11.1. The Balaban J connectivity index is 0.00000312. The van der Waals surface area contributed by atoms with E-state index in [1.165, 1.54) is 18.2 Å². The minimum atomic E-state index is -4.67. The fraction of sp³-hybridized carbons (Fsp3) is 0.250. The van der Waals surface area contributed by atoms with Gasteiger partial charge in [-0.25, -0.2) is 4.57 Å². The third-order valence-corrected chi connectivity index (χ3v) is 4.05. The summed E-state index contributed by atoms with van der Waals surface area (Å²) in [7, 11) is -4.67. The molecule has 0 aromatic heterocycles. The molecule has 0 saturated carbocycles. The summed E-state index contributed by atoms with van der Waals surface area (Å²) in [5.74, 6) is 0.0774. The molecule has 2 rings (SSSR count). The molecule has 25 heavy (non-hydrogen) atoms. The average molecular weight is 373 g/mol. The zero-order valence-electron chi connectivity index (χ0n) is 14.5. The minimum Gasteiger partial charge on any atom is -0.736 e. The predicted molar refractivity (Wildman–Crippen MR) is 87.1 cm³/mol. The van der Waals surface area contributed by atoms with Crippen LogP contribution >= 0.6 is 7.82 Å². The van der Waals surface area contributed by atoms with Gasteiger partial charge in [0.2, 0.25) is 0 Å². The molecule has 0 aliphatic carbocycles. The summed E-state index contributed by atoms with van der Waals surface area (Å²) < 4.78 is 21.8.